The Hall–Kier alpha value is -7.69. The van der Waals surface area contributed by atoms with Gasteiger partial charge in [-0.3, -0.25) is 46.9 Å². The first-order valence-electron chi connectivity index (χ1n) is 32.3. The predicted molar refractivity (Wildman–Crippen MR) is 377 cm³/mol. The van der Waals surface area contributed by atoms with Gasteiger partial charge in [-0.1, -0.05) is 0 Å². The molecule has 56 nitrogen and oxygen atoms in total. The summed E-state index contributed by atoms with van der Waals surface area (Å²) in [5.74, 6) is -3.42. The molecule has 0 radical (unpaired) electrons. The highest BCUT2D eigenvalue weighted by Crippen LogP contribution is 2.41. The molecule has 113 heavy (non-hydrogen) atoms. The van der Waals surface area contributed by atoms with Crippen LogP contribution in [0.15, 0.2) is 79.2 Å². The molecule has 644 valence electrons. The Morgan fingerprint density at radius 3 is 0.973 bits per heavy atom. The molecule has 30 atom stereocenters. The molecule has 4 aliphatic heterocycles. The first-order valence-corrected chi connectivity index (χ1v) is 36.5. The van der Waals surface area contributed by atoms with Crippen molar-refractivity contribution >= 4 is 79.3 Å². The van der Waals surface area contributed by atoms with Gasteiger partial charge in [0.1, 0.15) is 122 Å². The number of nitrogens with zero attached hydrogens (tertiary/aromatic N) is 8. The predicted octanol–water partition coefficient (Wildman–Crippen LogP) is -17.1. The van der Waals surface area contributed by atoms with Gasteiger partial charge in [-0.25, -0.2) is 30.8 Å². The van der Waals surface area contributed by atoms with Crippen molar-refractivity contribution in [3.8, 4) is 0 Å². The van der Waals surface area contributed by atoms with Crippen LogP contribution in [0.25, 0.3) is 0 Å². The van der Waals surface area contributed by atoms with E-state index in [1.165, 1.54) is 77.0 Å². The van der Waals surface area contributed by atoms with Gasteiger partial charge in [0.2, 0.25) is 0 Å². The van der Waals surface area contributed by atoms with Gasteiger partial charge in [-0.05, 0) is 52.2 Å². The second kappa shape index (κ2) is 42.3. The minimum Gasteiger partial charge on any atom is -0.394 e. The Kier molecular flexibility index (Phi) is 36.5. The van der Waals surface area contributed by atoms with Crippen molar-refractivity contribution in [3.05, 3.63) is 60.2 Å². The summed E-state index contributed by atoms with van der Waals surface area (Å²) in [7, 11) is -11.1. The number of hydrogen-bond donors (Lipinski definition) is 32. The molecule has 6 fully saturated rings. The van der Waals surface area contributed by atoms with Gasteiger partial charge in [0, 0.05) is 35.9 Å². The van der Waals surface area contributed by atoms with E-state index >= 15 is 0 Å². The number of hydrogen-bond acceptors (Lipinski definition) is 40. The maximum atomic E-state index is 12.6. The summed E-state index contributed by atoms with van der Waals surface area (Å²) in [6.07, 6.45) is -28.0. The molecular formula is C54H94N20O36S3. The summed E-state index contributed by atoms with van der Waals surface area (Å²) in [6.45, 7) is 1.35. The molecule has 2 saturated carbocycles. The van der Waals surface area contributed by atoms with E-state index in [2.05, 4.69) is 61.6 Å². The summed E-state index contributed by atoms with van der Waals surface area (Å²) in [5.41, 5.74) is 44.5. The van der Waals surface area contributed by atoms with Gasteiger partial charge in [0.05, 0.1) is 49.9 Å². The van der Waals surface area contributed by atoms with Crippen molar-refractivity contribution in [2.45, 2.75) is 196 Å². The Morgan fingerprint density at radius 2 is 0.717 bits per heavy atom. The van der Waals surface area contributed by atoms with E-state index in [-0.39, 0.29) is 11.1 Å². The number of carbonyl (C=O) groups is 2. The van der Waals surface area contributed by atoms with Gasteiger partial charge in [0.15, 0.2) is 60.2 Å². The molecule has 6 heterocycles. The van der Waals surface area contributed by atoms with Crippen LogP contribution < -0.4 is 67.4 Å². The van der Waals surface area contributed by atoms with Crippen molar-refractivity contribution in [2.75, 3.05) is 27.3 Å². The third kappa shape index (κ3) is 27.8. The normalized spacial score (nSPS) is 37.0. The van der Waals surface area contributed by atoms with Crippen molar-refractivity contribution in [2.24, 2.45) is 76.0 Å². The quantitative estimate of drug-likeness (QED) is 0.0225. The Balaban J connectivity index is 0.000000403. The lowest BCUT2D eigenvalue weighted by Crippen LogP contribution is -2.66. The summed E-state index contributed by atoms with van der Waals surface area (Å²) in [6, 6.07) is -2.63. The third-order valence-corrected chi connectivity index (χ3v) is 17.1. The van der Waals surface area contributed by atoms with E-state index < -0.39 is 263 Å². The van der Waals surface area contributed by atoms with Gasteiger partial charge in [-0.2, -0.15) is 35.5 Å². The average Bonchev–Trinajstić information content (AvgIpc) is 1.17. The summed E-state index contributed by atoms with van der Waals surface area (Å²) in [5, 5.41) is 165. The van der Waals surface area contributed by atoms with E-state index in [1.807, 2.05) is 0 Å². The first-order chi connectivity index (χ1) is 52.3. The molecule has 0 spiro atoms. The van der Waals surface area contributed by atoms with E-state index in [0.717, 1.165) is 12.4 Å². The number of carbonyl (C=O) groups excluding carboxylic acids is 2. The van der Waals surface area contributed by atoms with E-state index in [4.69, 9.17) is 136 Å². The minimum atomic E-state index is -4.67. The molecule has 8 rings (SSSR count). The molecule has 4 saturated heterocycles. The first kappa shape index (κ1) is 97.7. The number of aliphatic hydroxyl groups is 14. The zero-order valence-corrected chi connectivity index (χ0v) is 61.7. The van der Waals surface area contributed by atoms with Gasteiger partial charge >= 0.3 is 31.2 Å². The number of pyridine rings is 2. The van der Waals surface area contributed by atoms with E-state index in [0.29, 0.717) is 0 Å². The Labute approximate surface area is 639 Å². The molecule has 59 heteroatoms. The van der Waals surface area contributed by atoms with E-state index in [1.54, 1.807) is 0 Å². The maximum Gasteiger partial charge on any atom is 0.394 e. The lowest BCUT2D eigenvalue weighted by Gasteiger charge is -2.45. The summed E-state index contributed by atoms with van der Waals surface area (Å²) < 4.78 is 142. The second-order valence-corrected chi connectivity index (χ2v) is 27.4. The molecule has 6 aliphatic rings. The molecule has 40 N–H and O–H groups in total. The van der Waals surface area contributed by atoms with Crippen LogP contribution in [-0.2, 0) is 69.1 Å². The highest BCUT2D eigenvalue weighted by Gasteiger charge is 2.63. The molecule has 0 bridgehead atoms. The van der Waals surface area contributed by atoms with Crippen LogP contribution in [0.3, 0.4) is 0 Å². The molecule has 2 aromatic heterocycles. The highest BCUT2D eigenvalue weighted by molar-refractivity contribution is 7.80. The third-order valence-electron chi connectivity index (χ3n) is 17.1. The Bertz CT molecular complexity index is 3610. The van der Waals surface area contributed by atoms with Crippen LogP contribution in [0.4, 0.5) is 0 Å². The van der Waals surface area contributed by atoms with Crippen molar-refractivity contribution in [1.82, 2.24) is 31.5 Å². The van der Waals surface area contributed by atoms with Gasteiger partial charge < -0.3 is 166 Å². The molecule has 0 aromatic carbocycles. The molecule has 30 unspecified atom stereocenters. The van der Waals surface area contributed by atoms with Crippen LogP contribution >= 0.6 is 0 Å². The molecular weight excluding hydrogens is 1600 g/mol. The molecule has 2 aliphatic carbocycles. The van der Waals surface area contributed by atoms with E-state index in [9.17, 15) is 81.1 Å². The van der Waals surface area contributed by atoms with Crippen LogP contribution in [0.5, 0.6) is 0 Å². The SMILES string of the molecule is CNC1C(OC2C(OC3C(O)C(O)C(N=C(N)N)C(O)C3N=C(N)N)OC(C)C2(O)C=NNC(=O)c2ccncc2)OC(CO)C(O)C1O.CNC1C(OC2C(OC3C(O)C(O)C(N=C(N)N)C(O)C3N=C(N)N)OC(C)C2(O)C=NNC(=O)c2ccncc2)OC(CO)C(O)C1O.O=S(=O)(O)O.O=S(=O)(O)O.O=S(=O)(O)O. The fourth-order valence-electron chi connectivity index (χ4n) is 11.7. The van der Waals surface area contributed by atoms with Gasteiger partial charge in [-0.15, -0.1) is 0 Å². The largest absolute Gasteiger partial charge is 0.394 e. The lowest BCUT2D eigenvalue weighted by molar-refractivity contribution is -0.313. The fraction of sp³-hybridized carbons (Fsp3) is 0.667. The lowest BCUT2D eigenvalue weighted by atomic mass is 9.81. The van der Waals surface area contributed by atoms with Crippen molar-refractivity contribution in [1.29, 1.82) is 0 Å². The second-order valence-electron chi connectivity index (χ2n) is 24.8. The summed E-state index contributed by atoms with van der Waals surface area (Å²) in [4.78, 5) is 48.4. The number of rotatable bonds is 22. The maximum absolute atomic E-state index is 12.6. The Morgan fingerprint density at radius 1 is 0.442 bits per heavy atom. The topological polar surface area (TPSA) is 971 Å². The number of nitrogens with two attached hydrogens (primary N) is 8. The van der Waals surface area contributed by atoms with Crippen molar-refractivity contribution < 1.29 is 172 Å². The zero-order valence-electron chi connectivity index (χ0n) is 59.3. The number of aliphatic hydroxyl groups excluding tert-OH is 12. The number of amides is 2. The molecule has 2 amide bonds. The number of hydrazone groups is 2. The van der Waals surface area contributed by atoms with Gasteiger partial charge in [0.25, 0.3) is 11.8 Å². The number of nitrogens with one attached hydrogen (secondary N) is 4. The number of aliphatic imine (C=N–C) groups is 4. The standard InChI is InChI=1S/2C27H44N10O12.3H2O4S/c2*1-9-27(45,8-34-37-22(44)10-3-5-33-6-4-10)21(49-23-14(32-2)18(42)15(39)11(7-38)47-23)24(46-9)48-20-13(36-26(30)31)16(40)12(35-25(28)29)17(41)19(20)43;3*1-5(2,3)4/h2*3-6,8-9,11-21,23-24,32,38-43,45H,7H2,1-2H3,(H,37,44)(H4,28,29,35)(H4,30,31,36);3*(H2,1,2,3,4). The number of guanidine groups is 4. The number of aromatic nitrogens is 2. The van der Waals surface area contributed by atoms with Crippen LogP contribution in [0, 0.1) is 0 Å². The number of ether oxygens (including phenoxy) is 8. The van der Waals surface area contributed by atoms with Crippen LogP contribution in [0.2, 0.25) is 0 Å². The monoisotopic (exact) mass is 1690 g/mol. The highest BCUT2D eigenvalue weighted by atomic mass is 32.3. The smallest absolute Gasteiger partial charge is 0.394 e. The minimum absolute atomic E-state index is 0.201. The van der Waals surface area contributed by atoms with Crippen LogP contribution in [-0.4, -0.2) is 392 Å². The van der Waals surface area contributed by atoms with Crippen molar-refractivity contribution in [3.63, 3.8) is 0 Å². The number of likely N-dealkylation sites (N-methyl/N-ethyl adjacent to an activating group) is 2. The van der Waals surface area contributed by atoms with Crippen LogP contribution in [0.1, 0.15) is 34.6 Å². The fourth-order valence-corrected chi connectivity index (χ4v) is 11.7. The average molecular weight is 1700 g/mol. The molecule has 2 aromatic rings. The zero-order chi connectivity index (χ0) is 85.9. The summed E-state index contributed by atoms with van der Waals surface area (Å²) >= 11 is 0.